The Hall–Kier alpha value is -3.22. The number of rotatable bonds is 7. The van der Waals surface area contributed by atoms with Crippen LogP contribution in [0, 0.1) is 0 Å². The molecule has 4 rings (SSSR count). The fraction of sp³-hybridized carbons (Fsp3) is 0.308. The Morgan fingerprint density at radius 1 is 1.03 bits per heavy atom. The Morgan fingerprint density at radius 2 is 1.78 bits per heavy atom. The van der Waals surface area contributed by atoms with Crippen LogP contribution in [0.3, 0.4) is 0 Å². The van der Waals surface area contributed by atoms with E-state index in [0.717, 1.165) is 15.2 Å². The predicted octanol–water partition coefficient (Wildman–Crippen LogP) is 2.19. The number of halogens is 1. The van der Waals surface area contributed by atoms with Crippen molar-refractivity contribution in [2.45, 2.75) is 37.6 Å². The number of carbonyl (C=O) groups excluding carboxylic acids is 2. The van der Waals surface area contributed by atoms with Crippen LogP contribution in [-0.4, -0.2) is 71.5 Å². The van der Waals surface area contributed by atoms with Crippen LogP contribution in [0.25, 0.3) is 10.8 Å². The van der Waals surface area contributed by atoms with Crippen LogP contribution in [0.5, 0.6) is 11.5 Å². The third kappa shape index (κ3) is 5.86. The Bertz CT molecular complexity index is 1300. The average Bonchev–Trinajstić information content (AvgIpc) is 2.88. The molecule has 5 atom stereocenters. The highest BCUT2D eigenvalue weighted by Gasteiger charge is 2.46. The monoisotopic (exact) mass is 574 g/mol. The molecule has 0 radical (unpaired) electrons. The van der Waals surface area contributed by atoms with Crippen molar-refractivity contribution >= 4 is 44.2 Å². The summed E-state index contributed by atoms with van der Waals surface area (Å²) in [6.45, 7) is 0.645. The van der Waals surface area contributed by atoms with E-state index in [1.54, 1.807) is 36.4 Å². The standard InChI is InChI=1S/C26H27BrN2O8/c1-13(31)28-22-24(33)23(32)21(12-30)37-26(22)36-20-11-14-7-8-16(27)9-15(14)10-17(20)25(34)29-18-5-3-4-6-19(18)35-2/h3-11,21-24,26,30,32-33H,12H2,1-2H3,(H,28,31)(H,29,34)/t21?,22-,23+,24+,26-/m1/s1. The molecule has 2 amide bonds. The van der Waals surface area contributed by atoms with Gasteiger partial charge in [-0.25, -0.2) is 0 Å². The van der Waals surface area contributed by atoms with Crippen molar-refractivity contribution in [2.24, 2.45) is 0 Å². The van der Waals surface area contributed by atoms with Crippen molar-refractivity contribution in [2.75, 3.05) is 19.0 Å². The highest BCUT2D eigenvalue weighted by molar-refractivity contribution is 9.10. The summed E-state index contributed by atoms with van der Waals surface area (Å²) in [4.78, 5) is 25.3. The summed E-state index contributed by atoms with van der Waals surface area (Å²) < 4.78 is 17.9. The molecule has 37 heavy (non-hydrogen) atoms. The second-order valence-corrected chi connectivity index (χ2v) is 9.46. The lowest BCUT2D eigenvalue weighted by molar-refractivity contribution is -0.244. The molecular formula is C26H27BrN2O8. The van der Waals surface area contributed by atoms with Gasteiger partial charge >= 0.3 is 0 Å². The summed E-state index contributed by atoms with van der Waals surface area (Å²) in [5, 5.41) is 37.4. The van der Waals surface area contributed by atoms with Gasteiger partial charge in [-0.3, -0.25) is 9.59 Å². The molecule has 1 fully saturated rings. The van der Waals surface area contributed by atoms with E-state index in [9.17, 15) is 24.9 Å². The lowest BCUT2D eigenvalue weighted by Gasteiger charge is -2.42. The van der Waals surface area contributed by atoms with Gasteiger partial charge in [0, 0.05) is 11.4 Å². The van der Waals surface area contributed by atoms with E-state index >= 15 is 0 Å². The van der Waals surface area contributed by atoms with Crippen molar-refractivity contribution in [3.05, 3.63) is 64.6 Å². The molecule has 1 aliphatic heterocycles. The molecule has 5 N–H and O–H groups in total. The summed E-state index contributed by atoms with van der Waals surface area (Å²) in [5.41, 5.74) is 0.585. The second kappa shape index (κ2) is 11.4. The molecule has 3 aromatic carbocycles. The zero-order chi connectivity index (χ0) is 26.7. The molecule has 0 aliphatic carbocycles. The summed E-state index contributed by atoms with van der Waals surface area (Å²) in [6, 6.07) is 14.5. The van der Waals surface area contributed by atoms with Gasteiger partial charge in [-0.15, -0.1) is 0 Å². The highest BCUT2D eigenvalue weighted by atomic mass is 79.9. The SMILES string of the molecule is COc1ccccc1NC(=O)c1cc2cc(Br)ccc2cc1O[C@@H]1OC(CO)[C@H](O)[C@@H](O)[C@H]1NC(C)=O. The average molecular weight is 575 g/mol. The molecular weight excluding hydrogens is 548 g/mol. The number of para-hydroxylation sites is 2. The first-order valence-corrected chi connectivity index (χ1v) is 12.2. The minimum absolute atomic E-state index is 0.0999. The number of methoxy groups -OCH3 is 1. The lowest BCUT2D eigenvalue weighted by Crippen LogP contribution is -2.65. The van der Waals surface area contributed by atoms with Gasteiger partial charge in [-0.1, -0.05) is 34.1 Å². The van der Waals surface area contributed by atoms with Gasteiger partial charge in [0.15, 0.2) is 0 Å². The predicted molar refractivity (Wildman–Crippen MR) is 139 cm³/mol. The van der Waals surface area contributed by atoms with Crippen LogP contribution >= 0.6 is 15.9 Å². The molecule has 0 spiro atoms. The molecule has 0 aromatic heterocycles. The van der Waals surface area contributed by atoms with Crippen molar-refractivity contribution in [3.8, 4) is 11.5 Å². The smallest absolute Gasteiger partial charge is 0.259 e. The fourth-order valence-electron chi connectivity index (χ4n) is 4.16. The minimum atomic E-state index is -1.50. The molecule has 1 saturated heterocycles. The van der Waals surface area contributed by atoms with E-state index in [0.29, 0.717) is 11.4 Å². The fourth-order valence-corrected chi connectivity index (χ4v) is 4.54. The number of carbonyl (C=O) groups is 2. The normalized spacial score (nSPS) is 23.4. The summed E-state index contributed by atoms with van der Waals surface area (Å²) in [6.07, 6.45) is -5.47. The maximum Gasteiger partial charge on any atom is 0.259 e. The Balaban J connectivity index is 1.75. The molecule has 196 valence electrons. The number of amides is 2. The van der Waals surface area contributed by atoms with Gasteiger partial charge in [0.05, 0.1) is 25.0 Å². The Kier molecular flexibility index (Phi) is 8.30. The number of hydrogen-bond acceptors (Lipinski definition) is 8. The zero-order valence-corrected chi connectivity index (χ0v) is 21.6. The van der Waals surface area contributed by atoms with E-state index in [4.69, 9.17) is 14.2 Å². The largest absolute Gasteiger partial charge is 0.495 e. The van der Waals surface area contributed by atoms with Gasteiger partial charge < -0.3 is 40.2 Å². The van der Waals surface area contributed by atoms with Crippen molar-refractivity contribution < 1.29 is 39.1 Å². The van der Waals surface area contributed by atoms with E-state index in [1.165, 1.54) is 14.0 Å². The lowest BCUT2D eigenvalue weighted by atomic mass is 9.96. The second-order valence-electron chi connectivity index (χ2n) is 8.55. The maximum atomic E-state index is 13.5. The maximum absolute atomic E-state index is 13.5. The topological polar surface area (TPSA) is 147 Å². The number of hydrogen-bond donors (Lipinski definition) is 5. The van der Waals surface area contributed by atoms with E-state index < -0.39 is 49.1 Å². The number of anilines is 1. The van der Waals surface area contributed by atoms with Crippen molar-refractivity contribution in [3.63, 3.8) is 0 Å². The first-order valence-electron chi connectivity index (χ1n) is 11.5. The molecule has 1 heterocycles. The van der Waals surface area contributed by atoms with Crippen LogP contribution < -0.4 is 20.1 Å². The molecule has 1 unspecified atom stereocenters. The number of benzene rings is 3. The number of aliphatic hydroxyl groups excluding tert-OH is 3. The Labute approximate surface area is 221 Å². The summed E-state index contributed by atoms with van der Waals surface area (Å²) in [7, 11) is 1.49. The van der Waals surface area contributed by atoms with Gasteiger partial charge in [-0.05, 0) is 47.2 Å². The molecule has 0 bridgehead atoms. The van der Waals surface area contributed by atoms with Crippen LogP contribution in [0.15, 0.2) is 59.1 Å². The first-order chi connectivity index (χ1) is 17.7. The number of aliphatic hydroxyl groups is 3. The van der Waals surface area contributed by atoms with Gasteiger partial charge in [0.1, 0.15) is 35.9 Å². The van der Waals surface area contributed by atoms with E-state index in [-0.39, 0.29) is 11.3 Å². The number of fused-ring (bicyclic) bond motifs is 1. The first kappa shape index (κ1) is 26.8. The van der Waals surface area contributed by atoms with Crippen molar-refractivity contribution in [1.29, 1.82) is 0 Å². The van der Waals surface area contributed by atoms with Gasteiger partial charge in [-0.2, -0.15) is 0 Å². The van der Waals surface area contributed by atoms with Crippen LogP contribution in [0.4, 0.5) is 5.69 Å². The van der Waals surface area contributed by atoms with Crippen LogP contribution in [0.2, 0.25) is 0 Å². The summed E-state index contributed by atoms with van der Waals surface area (Å²) >= 11 is 3.44. The highest BCUT2D eigenvalue weighted by Crippen LogP contribution is 2.33. The molecule has 1 aliphatic rings. The Morgan fingerprint density at radius 3 is 2.49 bits per heavy atom. The minimum Gasteiger partial charge on any atom is -0.495 e. The molecule has 3 aromatic rings. The number of nitrogens with one attached hydrogen (secondary N) is 2. The summed E-state index contributed by atoms with van der Waals surface area (Å²) in [5.74, 6) is -0.435. The number of ether oxygens (including phenoxy) is 3. The molecule has 0 saturated carbocycles. The van der Waals surface area contributed by atoms with Gasteiger partial charge in [0.25, 0.3) is 5.91 Å². The van der Waals surface area contributed by atoms with E-state index in [1.807, 2.05) is 18.2 Å². The quantitative estimate of drug-likeness (QED) is 0.288. The third-order valence-corrected chi connectivity index (χ3v) is 6.49. The molecule has 10 nitrogen and oxygen atoms in total. The van der Waals surface area contributed by atoms with Crippen molar-refractivity contribution in [1.82, 2.24) is 5.32 Å². The third-order valence-electron chi connectivity index (χ3n) is 5.99. The zero-order valence-electron chi connectivity index (χ0n) is 20.1. The molecule has 11 heteroatoms. The van der Waals surface area contributed by atoms with Crippen LogP contribution in [0.1, 0.15) is 17.3 Å². The van der Waals surface area contributed by atoms with Gasteiger partial charge in [0.2, 0.25) is 12.2 Å². The van der Waals surface area contributed by atoms with E-state index in [2.05, 4.69) is 26.6 Å². The van der Waals surface area contributed by atoms with Crippen LogP contribution in [-0.2, 0) is 9.53 Å².